The number of benzene rings is 3. The number of hydrogen-bond donors (Lipinski definition) is 3. The van der Waals surface area contributed by atoms with Crippen molar-refractivity contribution in [3.05, 3.63) is 90.0 Å². The van der Waals surface area contributed by atoms with E-state index in [4.69, 9.17) is 10.3 Å². The zero-order valence-corrected chi connectivity index (χ0v) is 15.6. The third-order valence-corrected chi connectivity index (χ3v) is 4.43. The number of amides is 1. The van der Waals surface area contributed by atoms with Crippen LogP contribution in [0.4, 0.5) is 5.69 Å². The molecule has 0 spiro atoms. The van der Waals surface area contributed by atoms with Crippen molar-refractivity contribution in [2.75, 3.05) is 5.32 Å². The minimum Gasteiger partial charge on any atom is -0.481 e. The fourth-order valence-corrected chi connectivity index (χ4v) is 2.87. The van der Waals surface area contributed by atoms with Crippen LogP contribution in [0.5, 0.6) is 0 Å². The molecule has 29 heavy (non-hydrogen) atoms. The molecule has 6 nitrogen and oxygen atoms in total. The molecule has 0 aromatic heterocycles. The van der Waals surface area contributed by atoms with E-state index < -0.39 is 5.97 Å². The van der Waals surface area contributed by atoms with Gasteiger partial charge in [-0.1, -0.05) is 59.8 Å². The number of anilines is 1. The highest BCUT2D eigenvalue weighted by atomic mass is 16.4. The highest BCUT2D eigenvalue weighted by molar-refractivity contribution is 6.05. The molecule has 3 aromatic rings. The van der Waals surface area contributed by atoms with Crippen LogP contribution in [0.2, 0.25) is 0 Å². The molecular weight excluding hydrogens is 368 g/mol. The summed E-state index contributed by atoms with van der Waals surface area (Å²) in [6.07, 6.45) is -0.0117. The van der Waals surface area contributed by atoms with Gasteiger partial charge in [0.15, 0.2) is 0 Å². The Labute approximate surface area is 168 Å². The fourth-order valence-electron chi connectivity index (χ4n) is 2.87. The van der Waals surface area contributed by atoms with Crippen LogP contribution in [0.1, 0.15) is 28.8 Å². The lowest BCUT2D eigenvalue weighted by Crippen LogP contribution is -2.12. The Balaban J connectivity index is 1.65. The molecule has 3 rings (SSSR count). The average Bonchev–Trinajstić information content (AvgIpc) is 2.76. The van der Waals surface area contributed by atoms with Crippen molar-refractivity contribution in [1.29, 1.82) is 0 Å². The van der Waals surface area contributed by atoms with Crippen LogP contribution < -0.4 is 5.32 Å². The first-order valence-electron chi connectivity index (χ1n) is 9.07. The van der Waals surface area contributed by atoms with E-state index in [9.17, 15) is 9.59 Å². The molecular formula is C23H20N2O4. The fraction of sp³-hybridized carbons (Fsp3) is 0.0870. The molecule has 0 fully saturated rings. The van der Waals surface area contributed by atoms with Gasteiger partial charge in [0.1, 0.15) is 0 Å². The predicted octanol–water partition coefficient (Wildman–Crippen LogP) is 4.65. The molecule has 0 atom stereocenters. The quantitative estimate of drug-likeness (QED) is 0.312. The molecule has 146 valence electrons. The van der Waals surface area contributed by atoms with Crippen LogP contribution >= 0.6 is 0 Å². The lowest BCUT2D eigenvalue weighted by Gasteiger charge is -2.08. The summed E-state index contributed by atoms with van der Waals surface area (Å²) in [7, 11) is 0. The number of hydrogen-bond acceptors (Lipinski definition) is 4. The van der Waals surface area contributed by atoms with Crippen molar-refractivity contribution in [2.24, 2.45) is 5.16 Å². The summed E-state index contributed by atoms with van der Waals surface area (Å²) in [4.78, 5) is 23.2. The van der Waals surface area contributed by atoms with Gasteiger partial charge in [-0.25, -0.2) is 0 Å². The van der Waals surface area contributed by atoms with Gasteiger partial charge in [0.25, 0.3) is 5.91 Å². The van der Waals surface area contributed by atoms with Gasteiger partial charge in [-0.05, 0) is 41.0 Å². The lowest BCUT2D eigenvalue weighted by atomic mass is 10.0. The van der Waals surface area contributed by atoms with Gasteiger partial charge in [-0.2, -0.15) is 0 Å². The van der Waals surface area contributed by atoms with Gasteiger partial charge >= 0.3 is 5.97 Å². The van der Waals surface area contributed by atoms with E-state index in [-0.39, 0.29) is 24.5 Å². The number of carbonyl (C=O) groups excluding carboxylic acids is 1. The molecule has 0 unspecified atom stereocenters. The maximum absolute atomic E-state index is 12.5. The van der Waals surface area contributed by atoms with Crippen LogP contribution in [-0.2, 0) is 4.79 Å². The second kappa shape index (κ2) is 9.32. The summed E-state index contributed by atoms with van der Waals surface area (Å²) in [6.45, 7) is 0. The van der Waals surface area contributed by atoms with Crippen molar-refractivity contribution in [1.82, 2.24) is 0 Å². The zero-order chi connectivity index (χ0) is 20.6. The van der Waals surface area contributed by atoms with Gasteiger partial charge in [0.2, 0.25) is 0 Å². The molecule has 0 aliphatic carbocycles. The monoisotopic (exact) mass is 388 g/mol. The minimum atomic E-state index is -0.965. The lowest BCUT2D eigenvalue weighted by molar-refractivity contribution is -0.136. The average molecular weight is 388 g/mol. The Kier molecular flexibility index (Phi) is 6.37. The van der Waals surface area contributed by atoms with E-state index in [0.29, 0.717) is 16.8 Å². The maximum atomic E-state index is 12.5. The standard InChI is InChI=1S/C23H20N2O4/c26-22(27)15-14-21(25-29)18-10-12-20(13-11-18)24-23(28)19-8-6-17(7-9-19)16-4-2-1-3-5-16/h1-13,29H,14-15H2,(H,24,28)(H,26,27)/b25-21-. The zero-order valence-electron chi connectivity index (χ0n) is 15.6. The van der Waals surface area contributed by atoms with E-state index in [0.717, 1.165) is 11.1 Å². The Morgan fingerprint density at radius 2 is 1.34 bits per heavy atom. The van der Waals surface area contributed by atoms with Crippen LogP contribution in [-0.4, -0.2) is 27.9 Å². The number of carboxylic acids is 1. The van der Waals surface area contributed by atoms with Crippen molar-refractivity contribution >= 4 is 23.3 Å². The first-order chi connectivity index (χ1) is 14.1. The van der Waals surface area contributed by atoms with Gasteiger partial charge in [-0.3, -0.25) is 9.59 Å². The molecule has 0 aliphatic heterocycles. The molecule has 0 aliphatic rings. The molecule has 3 aromatic carbocycles. The third kappa shape index (κ3) is 5.29. The first-order valence-corrected chi connectivity index (χ1v) is 9.07. The molecule has 6 heteroatoms. The molecule has 0 saturated heterocycles. The van der Waals surface area contributed by atoms with Gasteiger partial charge < -0.3 is 15.6 Å². The second-order valence-corrected chi connectivity index (χ2v) is 6.42. The molecule has 0 saturated carbocycles. The topological polar surface area (TPSA) is 99.0 Å². The van der Waals surface area contributed by atoms with E-state index in [1.54, 1.807) is 36.4 Å². The smallest absolute Gasteiger partial charge is 0.303 e. The van der Waals surface area contributed by atoms with Gasteiger partial charge in [0.05, 0.1) is 12.1 Å². The second-order valence-electron chi connectivity index (χ2n) is 6.42. The molecule has 0 heterocycles. The normalized spacial score (nSPS) is 11.1. The molecule has 0 radical (unpaired) electrons. The largest absolute Gasteiger partial charge is 0.481 e. The molecule has 1 amide bonds. The number of nitrogens with one attached hydrogen (secondary N) is 1. The Morgan fingerprint density at radius 3 is 1.93 bits per heavy atom. The summed E-state index contributed by atoms with van der Waals surface area (Å²) in [5.74, 6) is -1.20. The molecule has 0 bridgehead atoms. The van der Waals surface area contributed by atoms with E-state index in [2.05, 4.69) is 10.5 Å². The van der Waals surface area contributed by atoms with Crippen LogP contribution in [0.3, 0.4) is 0 Å². The summed E-state index contributed by atoms with van der Waals surface area (Å²) in [5.41, 5.74) is 4.11. The van der Waals surface area contributed by atoms with Crippen LogP contribution in [0, 0.1) is 0 Å². The Morgan fingerprint density at radius 1 is 0.759 bits per heavy atom. The number of carbonyl (C=O) groups is 2. The highest BCUT2D eigenvalue weighted by Crippen LogP contribution is 2.20. The number of nitrogens with zero attached hydrogens (tertiary/aromatic N) is 1. The highest BCUT2D eigenvalue weighted by Gasteiger charge is 2.10. The van der Waals surface area contributed by atoms with Crippen LogP contribution in [0.15, 0.2) is 84.0 Å². The summed E-state index contributed by atoms with van der Waals surface area (Å²) in [5, 5.41) is 23.8. The van der Waals surface area contributed by atoms with Crippen molar-refractivity contribution in [3.63, 3.8) is 0 Å². The summed E-state index contributed by atoms with van der Waals surface area (Å²) in [6, 6.07) is 24.0. The third-order valence-electron chi connectivity index (χ3n) is 4.43. The number of aliphatic carboxylic acids is 1. The maximum Gasteiger partial charge on any atom is 0.303 e. The van der Waals surface area contributed by atoms with Gasteiger partial charge in [0, 0.05) is 17.7 Å². The van der Waals surface area contributed by atoms with E-state index >= 15 is 0 Å². The summed E-state index contributed by atoms with van der Waals surface area (Å²) < 4.78 is 0. The number of carboxylic acid groups (broad SMARTS) is 1. The number of rotatable bonds is 7. The van der Waals surface area contributed by atoms with Crippen molar-refractivity contribution < 1.29 is 19.9 Å². The first kappa shape index (κ1) is 19.8. The summed E-state index contributed by atoms with van der Waals surface area (Å²) >= 11 is 0. The minimum absolute atomic E-state index is 0.116. The SMILES string of the molecule is O=C(O)CC/C(=N/O)c1ccc(NC(=O)c2ccc(-c3ccccc3)cc2)cc1. The van der Waals surface area contributed by atoms with Crippen molar-refractivity contribution in [3.8, 4) is 11.1 Å². The van der Waals surface area contributed by atoms with Gasteiger partial charge in [-0.15, -0.1) is 0 Å². The number of oxime groups is 1. The molecule has 3 N–H and O–H groups in total. The Bertz CT molecular complexity index is 1010. The Hall–Kier alpha value is -3.93. The van der Waals surface area contributed by atoms with E-state index in [1.807, 2.05) is 42.5 Å². The van der Waals surface area contributed by atoms with Crippen LogP contribution in [0.25, 0.3) is 11.1 Å². The predicted molar refractivity (Wildman–Crippen MR) is 111 cm³/mol. The van der Waals surface area contributed by atoms with E-state index in [1.165, 1.54) is 0 Å². The van der Waals surface area contributed by atoms with Crippen molar-refractivity contribution in [2.45, 2.75) is 12.8 Å².